The predicted octanol–water partition coefficient (Wildman–Crippen LogP) is 3.70. The highest BCUT2D eigenvalue weighted by atomic mass is 79.9. The summed E-state index contributed by atoms with van der Waals surface area (Å²) in [7, 11) is 0. The van der Waals surface area contributed by atoms with Crippen molar-refractivity contribution < 1.29 is 9.53 Å². The van der Waals surface area contributed by atoms with Crippen LogP contribution in [-0.4, -0.2) is 12.5 Å². The summed E-state index contributed by atoms with van der Waals surface area (Å²) in [5.41, 5.74) is 6.79. The van der Waals surface area contributed by atoms with Crippen LogP contribution < -0.4 is 15.8 Å². The number of amides is 1. The Labute approximate surface area is 130 Å². The Morgan fingerprint density at radius 1 is 1.30 bits per heavy atom. The summed E-state index contributed by atoms with van der Waals surface area (Å²) in [5.74, 6) is 0.225. The maximum atomic E-state index is 11.8. The molecule has 0 aliphatic heterocycles. The molecule has 0 unspecified atom stereocenters. The third-order valence-electron chi connectivity index (χ3n) is 2.41. The zero-order valence-electron chi connectivity index (χ0n) is 10.4. The normalized spacial score (nSPS) is 10.1. The zero-order valence-corrected chi connectivity index (χ0v) is 12.7. The summed E-state index contributed by atoms with van der Waals surface area (Å²) < 4.78 is 6.17. The highest BCUT2D eigenvalue weighted by Gasteiger charge is 2.07. The monoisotopic (exact) mass is 354 g/mol. The van der Waals surface area contributed by atoms with Gasteiger partial charge in [-0.2, -0.15) is 0 Å². The van der Waals surface area contributed by atoms with Gasteiger partial charge in [0.25, 0.3) is 5.91 Å². The van der Waals surface area contributed by atoms with Crippen molar-refractivity contribution in [3.8, 4) is 5.75 Å². The van der Waals surface area contributed by atoms with Crippen LogP contribution in [-0.2, 0) is 4.79 Å². The molecule has 0 bridgehead atoms. The Morgan fingerprint density at radius 3 is 2.75 bits per heavy atom. The second-order valence-corrected chi connectivity index (χ2v) is 5.36. The third-order valence-corrected chi connectivity index (χ3v) is 3.20. The number of hydrogen-bond donors (Lipinski definition) is 2. The van der Waals surface area contributed by atoms with Crippen LogP contribution in [0.5, 0.6) is 5.75 Å². The van der Waals surface area contributed by atoms with Gasteiger partial charge in [-0.15, -0.1) is 0 Å². The second kappa shape index (κ2) is 6.63. The second-order valence-electron chi connectivity index (χ2n) is 4.04. The molecule has 0 fully saturated rings. The molecule has 0 radical (unpaired) electrons. The number of anilines is 2. The molecule has 2 aromatic rings. The minimum absolute atomic E-state index is 0.124. The first-order valence-electron chi connectivity index (χ1n) is 5.78. The number of nitrogen functional groups attached to an aromatic ring is 1. The maximum absolute atomic E-state index is 11.8. The third kappa shape index (κ3) is 4.15. The number of para-hydroxylation sites is 1. The molecule has 0 heterocycles. The van der Waals surface area contributed by atoms with Crippen LogP contribution in [0.4, 0.5) is 11.4 Å². The zero-order chi connectivity index (χ0) is 14.5. The van der Waals surface area contributed by atoms with Gasteiger partial charge in [-0.25, -0.2) is 0 Å². The number of ether oxygens (including phenoxy) is 1. The SMILES string of the molecule is Nc1cc(Br)cc(OCC(=O)Nc2ccccc2Cl)c1. The molecule has 3 N–H and O–H groups in total. The molecule has 0 spiro atoms. The van der Waals surface area contributed by atoms with Crippen molar-refractivity contribution in [2.24, 2.45) is 0 Å². The van der Waals surface area contributed by atoms with E-state index < -0.39 is 0 Å². The van der Waals surface area contributed by atoms with E-state index >= 15 is 0 Å². The van der Waals surface area contributed by atoms with Gasteiger partial charge < -0.3 is 15.8 Å². The average Bonchev–Trinajstić information content (AvgIpc) is 2.38. The van der Waals surface area contributed by atoms with Gasteiger partial charge in [0, 0.05) is 16.2 Å². The molecule has 104 valence electrons. The lowest BCUT2D eigenvalue weighted by Crippen LogP contribution is -2.20. The van der Waals surface area contributed by atoms with Gasteiger partial charge in [0.2, 0.25) is 0 Å². The fourth-order valence-electron chi connectivity index (χ4n) is 1.57. The molecule has 0 atom stereocenters. The molecule has 0 aliphatic carbocycles. The molecule has 4 nitrogen and oxygen atoms in total. The van der Waals surface area contributed by atoms with E-state index in [1.54, 1.807) is 42.5 Å². The lowest BCUT2D eigenvalue weighted by atomic mass is 10.3. The van der Waals surface area contributed by atoms with Gasteiger partial charge in [0.1, 0.15) is 5.75 Å². The molecule has 0 aromatic heterocycles. The summed E-state index contributed by atoms with van der Waals surface area (Å²) in [6.07, 6.45) is 0. The van der Waals surface area contributed by atoms with E-state index in [0.29, 0.717) is 22.1 Å². The number of nitrogens with two attached hydrogens (primary N) is 1. The van der Waals surface area contributed by atoms with Gasteiger partial charge in [-0.05, 0) is 24.3 Å². The topological polar surface area (TPSA) is 64.3 Å². The molecule has 20 heavy (non-hydrogen) atoms. The Bertz CT molecular complexity index is 614. The minimum atomic E-state index is -0.295. The molecule has 2 aromatic carbocycles. The molecule has 2 rings (SSSR count). The van der Waals surface area contributed by atoms with Gasteiger partial charge in [0.05, 0.1) is 10.7 Å². The Morgan fingerprint density at radius 2 is 2.05 bits per heavy atom. The van der Waals surface area contributed by atoms with Crippen LogP contribution in [0.25, 0.3) is 0 Å². The van der Waals surface area contributed by atoms with Crippen LogP contribution in [0.15, 0.2) is 46.9 Å². The highest BCUT2D eigenvalue weighted by Crippen LogP contribution is 2.23. The van der Waals surface area contributed by atoms with E-state index in [4.69, 9.17) is 22.1 Å². The van der Waals surface area contributed by atoms with E-state index in [9.17, 15) is 4.79 Å². The molecule has 0 saturated heterocycles. The largest absolute Gasteiger partial charge is 0.484 e. The van der Waals surface area contributed by atoms with Crippen molar-refractivity contribution in [2.45, 2.75) is 0 Å². The number of benzene rings is 2. The molecule has 0 saturated carbocycles. The average molecular weight is 356 g/mol. The molecular weight excluding hydrogens is 344 g/mol. The summed E-state index contributed by atoms with van der Waals surface area (Å²) >= 11 is 9.25. The summed E-state index contributed by atoms with van der Waals surface area (Å²) in [4.78, 5) is 11.8. The molecule has 0 aliphatic rings. The number of rotatable bonds is 4. The van der Waals surface area contributed by atoms with E-state index in [1.807, 2.05) is 0 Å². The standard InChI is InChI=1S/C14H12BrClN2O2/c15-9-5-10(17)7-11(6-9)20-8-14(19)18-13-4-2-1-3-12(13)16/h1-7H,8,17H2,(H,18,19). The van der Waals surface area contributed by atoms with Crippen molar-refractivity contribution in [2.75, 3.05) is 17.7 Å². The first kappa shape index (κ1) is 14.7. The predicted molar refractivity (Wildman–Crippen MR) is 84.1 cm³/mol. The summed E-state index contributed by atoms with van der Waals surface area (Å²) in [5, 5.41) is 3.15. The lowest BCUT2D eigenvalue weighted by Gasteiger charge is -2.09. The van der Waals surface area contributed by atoms with E-state index in [2.05, 4.69) is 21.2 Å². The summed E-state index contributed by atoms with van der Waals surface area (Å²) in [6.45, 7) is -0.124. The Kier molecular flexibility index (Phi) is 4.87. The fourth-order valence-corrected chi connectivity index (χ4v) is 2.24. The van der Waals surface area contributed by atoms with Gasteiger partial charge in [-0.1, -0.05) is 39.7 Å². The van der Waals surface area contributed by atoms with E-state index in [0.717, 1.165) is 4.47 Å². The van der Waals surface area contributed by atoms with Crippen LogP contribution >= 0.6 is 27.5 Å². The van der Waals surface area contributed by atoms with Crippen LogP contribution in [0.1, 0.15) is 0 Å². The van der Waals surface area contributed by atoms with E-state index in [1.165, 1.54) is 0 Å². The molecule has 6 heteroatoms. The molecule has 1 amide bonds. The van der Waals surface area contributed by atoms with Gasteiger partial charge in [-0.3, -0.25) is 4.79 Å². The summed E-state index contributed by atoms with van der Waals surface area (Å²) in [6, 6.07) is 12.1. The van der Waals surface area contributed by atoms with Gasteiger partial charge >= 0.3 is 0 Å². The lowest BCUT2D eigenvalue weighted by molar-refractivity contribution is -0.118. The smallest absolute Gasteiger partial charge is 0.262 e. The quantitative estimate of drug-likeness (QED) is 0.822. The number of nitrogens with one attached hydrogen (secondary N) is 1. The van der Waals surface area contributed by atoms with Crippen molar-refractivity contribution in [1.82, 2.24) is 0 Å². The Balaban J connectivity index is 1.94. The van der Waals surface area contributed by atoms with Crippen molar-refractivity contribution in [3.05, 3.63) is 52.0 Å². The number of halogens is 2. The first-order valence-corrected chi connectivity index (χ1v) is 6.95. The van der Waals surface area contributed by atoms with Crippen molar-refractivity contribution in [3.63, 3.8) is 0 Å². The maximum Gasteiger partial charge on any atom is 0.262 e. The minimum Gasteiger partial charge on any atom is -0.484 e. The van der Waals surface area contributed by atoms with Crippen molar-refractivity contribution >= 4 is 44.8 Å². The Hall–Kier alpha value is -1.72. The number of hydrogen-bond acceptors (Lipinski definition) is 3. The fraction of sp³-hybridized carbons (Fsp3) is 0.0714. The van der Waals surface area contributed by atoms with Crippen LogP contribution in [0, 0.1) is 0 Å². The molecular formula is C14H12BrClN2O2. The number of carbonyl (C=O) groups excluding carboxylic acids is 1. The van der Waals surface area contributed by atoms with Crippen LogP contribution in [0.2, 0.25) is 5.02 Å². The van der Waals surface area contributed by atoms with Crippen LogP contribution in [0.3, 0.4) is 0 Å². The van der Waals surface area contributed by atoms with Crippen molar-refractivity contribution in [1.29, 1.82) is 0 Å². The van der Waals surface area contributed by atoms with Gasteiger partial charge in [0.15, 0.2) is 6.61 Å². The van der Waals surface area contributed by atoms with E-state index in [-0.39, 0.29) is 12.5 Å². The number of carbonyl (C=O) groups is 1. The highest BCUT2D eigenvalue weighted by molar-refractivity contribution is 9.10. The first-order chi connectivity index (χ1) is 9.54.